The number of rotatable bonds is 9. The average Bonchev–Trinajstić information content (AvgIpc) is 2.16. The molecular formula is C11H20O3. The zero-order valence-corrected chi connectivity index (χ0v) is 8.87. The largest absolute Gasteiger partial charge is 0.481 e. The summed E-state index contributed by atoms with van der Waals surface area (Å²) in [4.78, 5) is 20.5. The molecule has 1 N–H and O–H groups in total. The molecule has 0 aromatic heterocycles. The van der Waals surface area contributed by atoms with E-state index in [0.717, 1.165) is 44.8 Å². The normalized spacial score (nSPS) is 12.4. The predicted octanol–water partition coefficient (Wildman–Crippen LogP) is 2.64. The first-order valence-electron chi connectivity index (χ1n) is 5.35. The van der Waals surface area contributed by atoms with Crippen molar-refractivity contribution in [1.29, 1.82) is 0 Å². The van der Waals surface area contributed by atoms with Crippen molar-refractivity contribution in [1.82, 2.24) is 0 Å². The van der Waals surface area contributed by atoms with Gasteiger partial charge in [0, 0.05) is 6.42 Å². The molecule has 0 saturated carbocycles. The third-order valence-electron chi connectivity index (χ3n) is 2.38. The Morgan fingerprint density at radius 1 is 1.21 bits per heavy atom. The number of hydrogen-bond acceptors (Lipinski definition) is 2. The minimum Gasteiger partial charge on any atom is -0.481 e. The van der Waals surface area contributed by atoms with E-state index in [1.54, 1.807) is 6.92 Å². The van der Waals surface area contributed by atoms with Gasteiger partial charge in [0.15, 0.2) is 0 Å². The summed E-state index contributed by atoms with van der Waals surface area (Å²) in [6.45, 7) is 1.74. The number of aldehydes is 1. The molecule has 0 radical (unpaired) electrons. The van der Waals surface area contributed by atoms with Crippen LogP contribution in [-0.2, 0) is 9.59 Å². The molecule has 0 amide bonds. The van der Waals surface area contributed by atoms with Crippen LogP contribution in [-0.4, -0.2) is 17.4 Å². The molecule has 0 aliphatic rings. The summed E-state index contributed by atoms with van der Waals surface area (Å²) in [6.07, 6.45) is 7.60. The fourth-order valence-corrected chi connectivity index (χ4v) is 1.33. The lowest BCUT2D eigenvalue weighted by Gasteiger charge is -2.04. The van der Waals surface area contributed by atoms with E-state index in [-0.39, 0.29) is 5.92 Å². The Labute approximate surface area is 85.5 Å². The zero-order valence-electron chi connectivity index (χ0n) is 8.87. The zero-order chi connectivity index (χ0) is 10.8. The fourth-order valence-electron chi connectivity index (χ4n) is 1.33. The minimum atomic E-state index is -0.703. The summed E-state index contributed by atoms with van der Waals surface area (Å²) in [5, 5.41) is 8.62. The Kier molecular flexibility index (Phi) is 8.19. The van der Waals surface area contributed by atoms with Gasteiger partial charge in [0.1, 0.15) is 6.29 Å². The van der Waals surface area contributed by atoms with Crippen LogP contribution in [0.3, 0.4) is 0 Å². The highest BCUT2D eigenvalue weighted by Crippen LogP contribution is 2.11. The van der Waals surface area contributed by atoms with Crippen molar-refractivity contribution in [2.24, 2.45) is 5.92 Å². The second kappa shape index (κ2) is 8.73. The summed E-state index contributed by atoms with van der Waals surface area (Å²) in [5.41, 5.74) is 0. The van der Waals surface area contributed by atoms with Gasteiger partial charge in [0.2, 0.25) is 0 Å². The molecule has 0 bridgehead atoms. The molecule has 3 nitrogen and oxygen atoms in total. The second-order valence-electron chi connectivity index (χ2n) is 3.75. The first-order chi connectivity index (χ1) is 6.68. The van der Waals surface area contributed by atoms with E-state index in [9.17, 15) is 9.59 Å². The van der Waals surface area contributed by atoms with E-state index in [2.05, 4.69) is 0 Å². The van der Waals surface area contributed by atoms with Gasteiger partial charge in [-0.2, -0.15) is 0 Å². The van der Waals surface area contributed by atoms with Crippen molar-refractivity contribution >= 4 is 12.3 Å². The number of unbranched alkanes of at least 4 members (excludes halogenated alkanes) is 5. The first kappa shape index (κ1) is 13.1. The third kappa shape index (κ3) is 7.77. The highest BCUT2D eigenvalue weighted by Gasteiger charge is 2.09. The highest BCUT2D eigenvalue weighted by molar-refractivity contribution is 5.69. The van der Waals surface area contributed by atoms with Crippen LogP contribution >= 0.6 is 0 Å². The SMILES string of the molecule is CC(CCCCCCCC=O)C(=O)O. The fraction of sp³-hybridized carbons (Fsp3) is 0.818. The molecule has 1 atom stereocenters. The maximum Gasteiger partial charge on any atom is 0.306 e. The van der Waals surface area contributed by atoms with Crippen LogP contribution in [0.15, 0.2) is 0 Å². The lowest BCUT2D eigenvalue weighted by atomic mass is 10.0. The van der Waals surface area contributed by atoms with Crippen molar-refractivity contribution < 1.29 is 14.7 Å². The van der Waals surface area contributed by atoms with E-state index >= 15 is 0 Å². The molecule has 0 spiro atoms. The molecule has 3 heteroatoms. The average molecular weight is 200 g/mol. The van der Waals surface area contributed by atoms with Crippen LogP contribution in [0.1, 0.15) is 51.9 Å². The van der Waals surface area contributed by atoms with Gasteiger partial charge < -0.3 is 9.90 Å². The Morgan fingerprint density at radius 3 is 2.36 bits per heavy atom. The van der Waals surface area contributed by atoms with Crippen LogP contribution in [0.4, 0.5) is 0 Å². The smallest absolute Gasteiger partial charge is 0.306 e. The predicted molar refractivity (Wildman–Crippen MR) is 55.2 cm³/mol. The Balaban J connectivity index is 3.13. The molecule has 82 valence electrons. The quantitative estimate of drug-likeness (QED) is 0.460. The van der Waals surface area contributed by atoms with Gasteiger partial charge in [-0.05, 0) is 12.8 Å². The summed E-state index contributed by atoms with van der Waals surface area (Å²) in [7, 11) is 0. The number of hydrogen-bond donors (Lipinski definition) is 1. The van der Waals surface area contributed by atoms with E-state index in [1.165, 1.54) is 0 Å². The number of carboxylic acids is 1. The molecule has 1 unspecified atom stereocenters. The van der Waals surface area contributed by atoms with Crippen molar-refractivity contribution in [2.75, 3.05) is 0 Å². The van der Waals surface area contributed by atoms with Crippen LogP contribution in [0, 0.1) is 5.92 Å². The van der Waals surface area contributed by atoms with Crippen molar-refractivity contribution in [3.8, 4) is 0 Å². The van der Waals surface area contributed by atoms with Crippen LogP contribution in [0.2, 0.25) is 0 Å². The molecule has 0 aromatic carbocycles. The van der Waals surface area contributed by atoms with Gasteiger partial charge in [0.05, 0.1) is 5.92 Å². The minimum absolute atomic E-state index is 0.218. The molecular weight excluding hydrogens is 180 g/mol. The first-order valence-corrected chi connectivity index (χ1v) is 5.35. The summed E-state index contributed by atoms with van der Waals surface area (Å²) in [6, 6.07) is 0. The summed E-state index contributed by atoms with van der Waals surface area (Å²) < 4.78 is 0. The lowest BCUT2D eigenvalue weighted by molar-refractivity contribution is -0.141. The Morgan fingerprint density at radius 2 is 1.79 bits per heavy atom. The van der Waals surface area contributed by atoms with Crippen molar-refractivity contribution in [3.05, 3.63) is 0 Å². The van der Waals surface area contributed by atoms with Gasteiger partial charge in [-0.1, -0.05) is 32.6 Å². The van der Waals surface area contributed by atoms with Gasteiger partial charge in [0.25, 0.3) is 0 Å². The molecule has 0 saturated heterocycles. The van der Waals surface area contributed by atoms with Gasteiger partial charge in [-0.3, -0.25) is 4.79 Å². The number of carboxylic acid groups (broad SMARTS) is 1. The van der Waals surface area contributed by atoms with E-state index < -0.39 is 5.97 Å². The van der Waals surface area contributed by atoms with Gasteiger partial charge >= 0.3 is 5.97 Å². The maximum atomic E-state index is 10.5. The van der Waals surface area contributed by atoms with Crippen molar-refractivity contribution in [2.45, 2.75) is 51.9 Å². The van der Waals surface area contributed by atoms with Gasteiger partial charge in [-0.15, -0.1) is 0 Å². The molecule has 0 heterocycles. The Hall–Kier alpha value is -0.860. The van der Waals surface area contributed by atoms with E-state index in [4.69, 9.17) is 5.11 Å². The van der Waals surface area contributed by atoms with Crippen LogP contribution in [0.5, 0.6) is 0 Å². The maximum absolute atomic E-state index is 10.5. The van der Waals surface area contributed by atoms with Crippen LogP contribution in [0.25, 0.3) is 0 Å². The number of carbonyl (C=O) groups is 2. The highest BCUT2D eigenvalue weighted by atomic mass is 16.4. The van der Waals surface area contributed by atoms with Gasteiger partial charge in [-0.25, -0.2) is 0 Å². The summed E-state index contributed by atoms with van der Waals surface area (Å²) >= 11 is 0. The van der Waals surface area contributed by atoms with E-state index in [1.807, 2.05) is 0 Å². The molecule has 0 fully saturated rings. The molecule has 0 aromatic rings. The molecule has 0 rings (SSSR count). The Bertz CT molecular complexity index is 166. The van der Waals surface area contributed by atoms with Crippen LogP contribution < -0.4 is 0 Å². The second-order valence-corrected chi connectivity index (χ2v) is 3.75. The molecule has 14 heavy (non-hydrogen) atoms. The molecule has 0 aliphatic heterocycles. The molecule has 0 aliphatic carbocycles. The number of aliphatic carboxylic acids is 1. The lowest BCUT2D eigenvalue weighted by Crippen LogP contribution is -2.08. The standard InChI is InChI=1S/C11H20O3/c1-10(11(13)14)8-6-4-2-3-5-7-9-12/h9-10H,2-8H2,1H3,(H,13,14). The monoisotopic (exact) mass is 200 g/mol. The van der Waals surface area contributed by atoms with Crippen molar-refractivity contribution in [3.63, 3.8) is 0 Å². The summed E-state index contributed by atoms with van der Waals surface area (Å²) in [5.74, 6) is -0.920. The third-order valence-corrected chi connectivity index (χ3v) is 2.38. The topological polar surface area (TPSA) is 54.4 Å². The van der Waals surface area contributed by atoms with E-state index in [0.29, 0.717) is 6.42 Å². The number of carbonyl (C=O) groups excluding carboxylic acids is 1.